The second kappa shape index (κ2) is 6.97. The number of hydrogen-bond donors (Lipinski definition) is 1. The van der Waals surface area contributed by atoms with E-state index in [1.165, 1.54) is 26.4 Å². The molecule has 1 aromatic carbocycles. The molecule has 0 amide bonds. The molecule has 0 spiro atoms. The summed E-state index contributed by atoms with van der Waals surface area (Å²) in [6.07, 6.45) is 4.16. The lowest BCUT2D eigenvalue weighted by Gasteiger charge is -2.48. The van der Waals surface area contributed by atoms with Gasteiger partial charge in [-0.25, -0.2) is 0 Å². The minimum absolute atomic E-state index is 0.000624. The number of Topliss-reactive ketones (excluding diaryl/α,β-unsaturated/α-hetero) is 2. The van der Waals surface area contributed by atoms with Crippen molar-refractivity contribution in [3.63, 3.8) is 0 Å². The summed E-state index contributed by atoms with van der Waals surface area (Å²) >= 11 is 0. The van der Waals surface area contributed by atoms with E-state index in [4.69, 9.17) is 9.47 Å². The lowest BCUT2D eigenvalue weighted by molar-refractivity contribution is -0.138. The fraction of sp³-hybridized carbons (Fsp3) is 0.391. The van der Waals surface area contributed by atoms with Crippen molar-refractivity contribution in [3.8, 4) is 17.2 Å². The molecule has 0 fully saturated rings. The van der Waals surface area contributed by atoms with Crippen molar-refractivity contribution in [1.82, 2.24) is 0 Å². The molecule has 0 bridgehead atoms. The highest BCUT2D eigenvalue weighted by molar-refractivity contribution is 6.15. The molecule has 1 N–H and O–H groups in total. The molecule has 3 atom stereocenters. The number of aromatic hydroxyl groups is 1. The van der Waals surface area contributed by atoms with Crippen LogP contribution < -0.4 is 9.47 Å². The number of carbonyl (C=O) groups excluding carboxylic acids is 2. The number of fused-ring (bicyclic) bond motifs is 1. The zero-order valence-corrected chi connectivity index (χ0v) is 17.0. The summed E-state index contributed by atoms with van der Waals surface area (Å²) < 4.78 is 11.1. The molecule has 0 aliphatic heterocycles. The first-order valence-electron chi connectivity index (χ1n) is 9.26. The minimum Gasteiger partial charge on any atom is -0.508 e. The summed E-state index contributed by atoms with van der Waals surface area (Å²) in [6, 6.07) is 2.99. The van der Waals surface area contributed by atoms with Crippen LogP contribution in [-0.4, -0.2) is 30.9 Å². The fourth-order valence-electron chi connectivity index (χ4n) is 4.73. The number of rotatable bonds is 4. The molecule has 3 unspecified atom stereocenters. The third kappa shape index (κ3) is 2.60. The van der Waals surface area contributed by atoms with Crippen molar-refractivity contribution < 1.29 is 24.2 Å². The van der Waals surface area contributed by atoms with E-state index in [2.05, 4.69) is 6.58 Å². The molecule has 0 radical (unpaired) electrons. The van der Waals surface area contributed by atoms with Gasteiger partial charge in [-0.15, -0.1) is 0 Å². The highest BCUT2D eigenvalue weighted by atomic mass is 16.5. The van der Waals surface area contributed by atoms with E-state index in [9.17, 15) is 14.7 Å². The van der Waals surface area contributed by atoms with E-state index in [0.29, 0.717) is 34.6 Å². The van der Waals surface area contributed by atoms with Crippen LogP contribution in [0.15, 0.2) is 47.6 Å². The Morgan fingerprint density at radius 3 is 2.21 bits per heavy atom. The third-order valence-corrected chi connectivity index (χ3v) is 6.38. The van der Waals surface area contributed by atoms with Gasteiger partial charge >= 0.3 is 0 Å². The van der Waals surface area contributed by atoms with Crippen molar-refractivity contribution >= 4 is 11.6 Å². The van der Waals surface area contributed by atoms with Crippen LogP contribution in [-0.2, 0) is 9.59 Å². The number of hydrogen-bond acceptors (Lipinski definition) is 5. The van der Waals surface area contributed by atoms with Gasteiger partial charge < -0.3 is 14.6 Å². The first-order valence-corrected chi connectivity index (χ1v) is 9.26. The highest BCUT2D eigenvalue weighted by Gasteiger charge is 2.57. The number of methoxy groups -OCH3 is 2. The summed E-state index contributed by atoms with van der Waals surface area (Å²) in [6.45, 7) is 9.21. The monoisotopic (exact) mass is 382 g/mol. The SMILES string of the molecule is C=CC1=CCC2C(=O)C(C)=C(C)C(=O)C2(C)C1c1c(OC)cc(O)cc1OC. The number of ether oxygens (including phenoxy) is 2. The number of allylic oxidation sites excluding steroid dienone is 5. The van der Waals surface area contributed by atoms with Crippen molar-refractivity contribution in [2.24, 2.45) is 11.3 Å². The third-order valence-electron chi connectivity index (χ3n) is 6.38. The zero-order chi connectivity index (χ0) is 20.8. The van der Waals surface area contributed by atoms with E-state index in [1.54, 1.807) is 19.9 Å². The number of ketones is 2. The van der Waals surface area contributed by atoms with Crippen LogP contribution in [0.1, 0.15) is 38.7 Å². The second-order valence-electron chi connectivity index (χ2n) is 7.62. The van der Waals surface area contributed by atoms with E-state index in [0.717, 1.165) is 5.57 Å². The molecule has 2 aliphatic carbocycles. The fourth-order valence-corrected chi connectivity index (χ4v) is 4.73. The molecule has 1 aromatic rings. The van der Waals surface area contributed by atoms with Gasteiger partial charge in [-0.2, -0.15) is 0 Å². The maximum Gasteiger partial charge on any atom is 0.166 e. The molecule has 0 heterocycles. The Balaban J connectivity index is 2.37. The quantitative estimate of drug-likeness (QED) is 0.848. The van der Waals surface area contributed by atoms with Gasteiger partial charge in [-0.3, -0.25) is 9.59 Å². The Hall–Kier alpha value is -2.82. The Morgan fingerprint density at radius 2 is 1.71 bits per heavy atom. The molecule has 28 heavy (non-hydrogen) atoms. The van der Waals surface area contributed by atoms with Gasteiger partial charge in [0.15, 0.2) is 11.6 Å². The first-order chi connectivity index (χ1) is 13.2. The van der Waals surface area contributed by atoms with Gasteiger partial charge in [0, 0.05) is 29.5 Å². The zero-order valence-electron chi connectivity index (χ0n) is 17.0. The summed E-state index contributed by atoms with van der Waals surface area (Å²) in [5, 5.41) is 10.0. The van der Waals surface area contributed by atoms with Crippen molar-refractivity contribution in [3.05, 3.63) is 53.1 Å². The Morgan fingerprint density at radius 1 is 1.14 bits per heavy atom. The van der Waals surface area contributed by atoms with Gasteiger partial charge in [0.05, 0.1) is 19.6 Å². The molecule has 5 nitrogen and oxygen atoms in total. The van der Waals surface area contributed by atoms with E-state index in [1.807, 2.05) is 13.0 Å². The summed E-state index contributed by atoms with van der Waals surface area (Å²) in [5.74, 6) is -0.211. The maximum absolute atomic E-state index is 13.5. The topological polar surface area (TPSA) is 72.8 Å². The molecular formula is C23H26O5. The number of carbonyl (C=O) groups is 2. The number of benzene rings is 1. The van der Waals surface area contributed by atoms with Crippen molar-refractivity contribution in [2.45, 2.75) is 33.1 Å². The van der Waals surface area contributed by atoms with Gasteiger partial charge in [-0.05, 0) is 37.0 Å². The van der Waals surface area contributed by atoms with E-state index < -0.39 is 17.3 Å². The standard InChI is InChI=1S/C23H26O5/c1-7-14-8-9-16-21(25)12(2)13(3)22(26)23(16,4)20(14)19-17(27-5)10-15(24)11-18(19)28-6/h7-8,10-11,16,20,24H,1,9H2,2-6H3. The number of phenolic OH excluding ortho intramolecular Hbond substituents is 1. The summed E-state index contributed by atoms with van der Waals surface area (Å²) in [4.78, 5) is 26.6. The maximum atomic E-state index is 13.5. The van der Waals surface area contributed by atoms with Crippen LogP contribution in [0.4, 0.5) is 0 Å². The number of phenols is 1. The average Bonchev–Trinajstić information content (AvgIpc) is 2.69. The molecule has 5 heteroatoms. The van der Waals surface area contributed by atoms with Crippen LogP contribution in [0, 0.1) is 11.3 Å². The molecule has 0 saturated heterocycles. The molecular weight excluding hydrogens is 356 g/mol. The lowest BCUT2D eigenvalue weighted by atomic mass is 9.52. The smallest absolute Gasteiger partial charge is 0.166 e. The Kier molecular flexibility index (Phi) is 4.96. The van der Waals surface area contributed by atoms with Crippen LogP contribution in [0.5, 0.6) is 17.2 Å². The van der Waals surface area contributed by atoms with Crippen LogP contribution in [0.25, 0.3) is 0 Å². The summed E-state index contributed by atoms with van der Waals surface area (Å²) in [5.41, 5.74) is 1.50. The molecule has 0 saturated carbocycles. The van der Waals surface area contributed by atoms with Crippen LogP contribution >= 0.6 is 0 Å². The van der Waals surface area contributed by atoms with Crippen molar-refractivity contribution in [1.29, 1.82) is 0 Å². The first kappa shape index (κ1) is 19.9. The molecule has 3 rings (SSSR count). The summed E-state index contributed by atoms with van der Waals surface area (Å²) in [7, 11) is 3.00. The lowest BCUT2D eigenvalue weighted by Crippen LogP contribution is -2.51. The van der Waals surface area contributed by atoms with Crippen molar-refractivity contribution in [2.75, 3.05) is 14.2 Å². The predicted octanol–water partition coefficient (Wildman–Crippen LogP) is 4.12. The van der Waals surface area contributed by atoms with Crippen LogP contribution in [0.3, 0.4) is 0 Å². The average molecular weight is 382 g/mol. The minimum atomic E-state index is -1.00. The van der Waals surface area contributed by atoms with E-state index in [-0.39, 0.29) is 17.3 Å². The normalized spacial score (nSPS) is 27.2. The van der Waals surface area contributed by atoms with Gasteiger partial charge in [0.2, 0.25) is 0 Å². The molecule has 148 valence electrons. The Labute approximate surface area is 165 Å². The van der Waals surface area contributed by atoms with Gasteiger partial charge in [0.25, 0.3) is 0 Å². The predicted molar refractivity (Wildman–Crippen MR) is 107 cm³/mol. The van der Waals surface area contributed by atoms with E-state index >= 15 is 0 Å². The molecule has 0 aromatic heterocycles. The second-order valence-corrected chi connectivity index (χ2v) is 7.62. The highest BCUT2D eigenvalue weighted by Crippen LogP contribution is 2.59. The Bertz CT molecular complexity index is 911. The molecule has 2 aliphatic rings. The van der Waals surface area contributed by atoms with Gasteiger partial charge in [-0.1, -0.05) is 25.7 Å². The van der Waals surface area contributed by atoms with Gasteiger partial charge in [0.1, 0.15) is 17.2 Å². The largest absolute Gasteiger partial charge is 0.508 e. The van der Waals surface area contributed by atoms with Crippen LogP contribution in [0.2, 0.25) is 0 Å².